The number of fused-ring (bicyclic) bond motifs is 2. The van der Waals surface area contributed by atoms with Crippen LogP contribution in [-0.2, 0) is 35.0 Å². The number of carbonyl (C=O) groups is 1. The third-order valence-corrected chi connectivity index (χ3v) is 9.09. The number of hydrogen-bond donors (Lipinski definition) is 2. The molecule has 1 aromatic carbocycles. The van der Waals surface area contributed by atoms with E-state index in [0.717, 1.165) is 74.1 Å². The second-order valence-electron chi connectivity index (χ2n) is 13.2. The fourth-order valence-corrected chi connectivity index (χ4v) is 6.86. The molecule has 0 amide bonds. The van der Waals surface area contributed by atoms with Crippen LogP contribution in [-0.4, -0.2) is 62.4 Å². The Kier molecular flexibility index (Phi) is 8.81. The lowest BCUT2D eigenvalue weighted by Crippen LogP contribution is -2.38. The molecule has 0 bridgehead atoms. The van der Waals surface area contributed by atoms with E-state index >= 15 is 0 Å². The van der Waals surface area contributed by atoms with Crippen LogP contribution in [0, 0.1) is 6.92 Å². The van der Waals surface area contributed by atoms with Crippen molar-refractivity contribution in [3.05, 3.63) is 57.1 Å². The van der Waals surface area contributed by atoms with Crippen LogP contribution in [0.2, 0.25) is 0 Å². The van der Waals surface area contributed by atoms with E-state index in [-0.39, 0.29) is 17.8 Å². The Morgan fingerprint density at radius 2 is 1.98 bits per heavy atom. The van der Waals surface area contributed by atoms with E-state index in [4.69, 9.17) is 9.72 Å². The molecule has 3 aromatic rings. The fourth-order valence-electron chi connectivity index (χ4n) is 6.86. The van der Waals surface area contributed by atoms with Gasteiger partial charge in [0, 0.05) is 43.0 Å². The van der Waals surface area contributed by atoms with E-state index in [1.165, 1.54) is 12.0 Å². The Labute approximate surface area is 248 Å². The van der Waals surface area contributed by atoms with E-state index in [9.17, 15) is 14.7 Å². The lowest BCUT2D eigenvalue weighted by molar-refractivity contribution is -0.144. The summed E-state index contributed by atoms with van der Waals surface area (Å²) < 4.78 is 9.67. The number of nitrogens with one attached hydrogen (secondary N) is 1. The highest BCUT2D eigenvalue weighted by Gasteiger charge is 2.37. The summed E-state index contributed by atoms with van der Waals surface area (Å²) in [7, 11) is 3.64. The Morgan fingerprint density at radius 3 is 2.71 bits per heavy atom. The van der Waals surface area contributed by atoms with Gasteiger partial charge in [0.05, 0.1) is 17.1 Å². The van der Waals surface area contributed by atoms with Gasteiger partial charge in [-0.25, -0.2) is 9.78 Å². The number of carboxylic acids is 1. The van der Waals surface area contributed by atoms with Crippen molar-refractivity contribution in [2.24, 2.45) is 7.05 Å². The highest BCUT2D eigenvalue weighted by molar-refractivity contribution is 5.89. The van der Waals surface area contributed by atoms with Crippen molar-refractivity contribution in [2.45, 2.75) is 103 Å². The van der Waals surface area contributed by atoms with Gasteiger partial charge in [-0.3, -0.25) is 18.8 Å². The molecule has 1 aliphatic carbocycles. The maximum atomic E-state index is 13.3. The van der Waals surface area contributed by atoms with Crippen molar-refractivity contribution >= 4 is 22.8 Å². The summed E-state index contributed by atoms with van der Waals surface area (Å²) in [6.45, 7) is 9.69. The number of ether oxygens (including phenoxy) is 1. The zero-order chi connectivity index (χ0) is 30.2. The third-order valence-electron chi connectivity index (χ3n) is 9.09. The lowest BCUT2D eigenvalue weighted by Gasteiger charge is -2.31. The van der Waals surface area contributed by atoms with Gasteiger partial charge in [0.15, 0.2) is 0 Å². The summed E-state index contributed by atoms with van der Waals surface area (Å²) in [6, 6.07) is 7.41. The number of rotatable bonds is 10. The number of imidazole rings is 1. The smallest absolute Gasteiger partial charge is 0.329 e. The molecule has 5 rings (SSSR count). The largest absolute Gasteiger partial charge is 0.480 e. The van der Waals surface area contributed by atoms with E-state index in [0.29, 0.717) is 17.7 Å². The first-order valence-electron chi connectivity index (χ1n) is 15.5. The monoisotopic (exact) mass is 577 g/mol. The van der Waals surface area contributed by atoms with Crippen LogP contribution < -0.4 is 11.0 Å². The highest BCUT2D eigenvalue weighted by atomic mass is 16.5. The molecule has 228 valence electrons. The second-order valence-corrected chi connectivity index (χ2v) is 13.2. The first-order valence-corrected chi connectivity index (χ1v) is 15.5. The number of carboxylic acid groups (broad SMARTS) is 1. The maximum absolute atomic E-state index is 13.3. The molecule has 0 spiro atoms. The molecule has 1 aliphatic heterocycles. The van der Waals surface area contributed by atoms with E-state index < -0.39 is 17.6 Å². The molecule has 1 saturated carbocycles. The summed E-state index contributed by atoms with van der Waals surface area (Å²) in [4.78, 5) is 32.9. The Morgan fingerprint density at radius 1 is 1.19 bits per heavy atom. The van der Waals surface area contributed by atoms with Gasteiger partial charge in [0.2, 0.25) is 0 Å². The van der Waals surface area contributed by atoms with Crippen LogP contribution in [0.4, 0.5) is 5.82 Å². The number of likely N-dealkylation sites (N-methyl/N-ethyl adjacent to an activating group) is 1. The summed E-state index contributed by atoms with van der Waals surface area (Å²) in [6.07, 6.45) is 7.95. The van der Waals surface area contributed by atoms with Crippen molar-refractivity contribution in [3.63, 3.8) is 0 Å². The number of aromatic nitrogens is 3. The minimum absolute atomic E-state index is 0.0846. The molecule has 9 heteroatoms. The SMILES string of the molecule is Cc1ccc(C(C(=O)O)N(C)[C@H]2CC[C@H](OCCCCc3ccc4c(n3)NCCC4)C2)c2c1n(C(C)(C)C)c(=O)n2C. The van der Waals surface area contributed by atoms with Gasteiger partial charge in [0.1, 0.15) is 11.9 Å². The van der Waals surface area contributed by atoms with Crippen LogP contribution in [0.15, 0.2) is 29.1 Å². The van der Waals surface area contributed by atoms with Crippen LogP contribution in [0.3, 0.4) is 0 Å². The number of benzene rings is 1. The fraction of sp³-hybridized carbons (Fsp3) is 0.606. The summed E-state index contributed by atoms with van der Waals surface area (Å²) >= 11 is 0. The molecule has 0 saturated heterocycles. The molecular formula is C33H47N5O4. The molecule has 1 unspecified atom stereocenters. The van der Waals surface area contributed by atoms with Crippen molar-refractivity contribution in [2.75, 3.05) is 25.5 Å². The van der Waals surface area contributed by atoms with Crippen LogP contribution in [0.5, 0.6) is 0 Å². The molecule has 1 fully saturated rings. The topological polar surface area (TPSA) is 102 Å². The van der Waals surface area contributed by atoms with E-state index in [1.54, 1.807) is 16.2 Å². The molecule has 2 aliphatic rings. The quantitative estimate of drug-likeness (QED) is 0.321. The number of pyridine rings is 1. The van der Waals surface area contributed by atoms with E-state index in [1.807, 2.05) is 51.8 Å². The minimum atomic E-state index is -0.908. The number of nitrogens with zero attached hydrogens (tertiary/aromatic N) is 4. The predicted octanol–water partition coefficient (Wildman–Crippen LogP) is 5.17. The maximum Gasteiger partial charge on any atom is 0.329 e. The molecule has 9 nitrogen and oxygen atoms in total. The van der Waals surface area contributed by atoms with Crippen LogP contribution in [0.1, 0.15) is 87.7 Å². The minimum Gasteiger partial charge on any atom is -0.480 e. The Hall–Kier alpha value is -3.17. The molecular weight excluding hydrogens is 530 g/mol. The highest BCUT2D eigenvalue weighted by Crippen LogP contribution is 2.36. The Balaban J connectivity index is 1.21. The molecule has 3 atom stereocenters. The third kappa shape index (κ3) is 5.99. The van der Waals surface area contributed by atoms with Gasteiger partial charge >= 0.3 is 11.7 Å². The van der Waals surface area contributed by atoms with Gasteiger partial charge in [0.25, 0.3) is 0 Å². The van der Waals surface area contributed by atoms with Crippen molar-refractivity contribution in [3.8, 4) is 0 Å². The molecule has 3 heterocycles. The average molecular weight is 578 g/mol. The van der Waals surface area contributed by atoms with Gasteiger partial charge in [-0.05, 0) is 103 Å². The molecule has 0 radical (unpaired) electrons. The molecule has 42 heavy (non-hydrogen) atoms. The van der Waals surface area contributed by atoms with Gasteiger partial charge in [-0.2, -0.15) is 0 Å². The van der Waals surface area contributed by atoms with Crippen LogP contribution >= 0.6 is 0 Å². The number of aliphatic carboxylic acids is 1. The van der Waals surface area contributed by atoms with Gasteiger partial charge in [-0.1, -0.05) is 18.2 Å². The zero-order valence-corrected chi connectivity index (χ0v) is 26.1. The van der Waals surface area contributed by atoms with Gasteiger partial charge < -0.3 is 15.2 Å². The number of unbranched alkanes of at least 4 members (excludes halogenated alkanes) is 1. The summed E-state index contributed by atoms with van der Waals surface area (Å²) in [5.41, 5.74) is 5.00. The predicted molar refractivity (Wildman–Crippen MR) is 166 cm³/mol. The number of anilines is 1. The average Bonchev–Trinajstić information content (AvgIpc) is 3.52. The zero-order valence-electron chi connectivity index (χ0n) is 26.1. The normalized spacial score (nSPS) is 19.7. The first-order chi connectivity index (χ1) is 20.0. The first kappa shape index (κ1) is 30.3. The lowest BCUT2D eigenvalue weighted by atomic mass is 9.98. The molecule has 2 aromatic heterocycles. The van der Waals surface area contributed by atoms with Crippen molar-refractivity contribution in [1.29, 1.82) is 0 Å². The Bertz CT molecular complexity index is 1500. The van der Waals surface area contributed by atoms with E-state index in [2.05, 4.69) is 17.4 Å². The number of hydrogen-bond acceptors (Lipinski definition) is 6. The summed E-state index contributed by atoms with van der Waals surface area (Å²) in [5, 5.41) is 13.9. The standard InChI is InChI=1S/C33H47N5O4/c1-21-12-17-26(28-27(21)38(33(2,3)4)32(41)37(28)6)29(31(39)40)36(5)24-15-16-25(20-24)42-19-8-7-11-23-14-13-22-10-9-18-34-30(22)35-23/h12-14,17,24-25,29H,7-11,15-16,18-20H2,1-6H3,(H,34,35)(H,39,40)/t24-,25-,29?/m0/s1. The van der Waals surface area contributed by atoms with Crippen LogP contribution in [0.25, 0.3) is 11.0 Å². The number of aryl methyl sites for hydroxylation is 4. The van der Waals surface area contributed by atoms with Crippen molar-refractivity contribution < 1.29 is 14.6 Å². The summed E-state index contributed by atoms with van der Waals surface area (Å²) in [5.74, 6) is 0.144. The molecule has 2 N–H and O–H groups in total. The van der Waals surface area contributed by atoms with Crippen molar-refractivity contribution in [1.82, 2.24) is 19.0 Å². The second kappa shape index (κ2) is 12.2. The van der Waals surface area contributed by atoms with Gasteiger partial charge in [-0.15, -0.1) is 0 Å².